The summed E-state index contributed by atoms with van der Waals surface area (Å²) in [6, 6.07) is 3.10. The van der Waals surface area contributed by atoms with Crippen LogP contribution in [0.1, 0.15) is 20.3 Å². The molecule has 1 aliphatic rings. The lowest BCUT2D eigenvalue weighted by atomic mass is 9.65. The van der Waals surface area contributed by atoms with Crippen LogP contribution in [0, 0.1) is 11.2 Å². The number of hydrogen-bond acceptors (Lipinski definition) is 4. The SMILES string of the molecule is COc1ccc(S(=O)(=O)NC2CC(O)C2(C)C)cc1F. The zero-order valence-corrected chi connectivity index (χ0v) is 12.4. The average Bonchev–Trinajstić information content (AvgIpc) is 2.38. The molecule has 0 radical (unpaired) electrons. The monoisotopic (exact) mass is 303 g/mol. The Balaban J connectivity index is 2.21. The lowest BCUT2D eigenvalue weighted by molar-refractivity contribution is -0.0645. The molecule has 0 aromatic heterocycles. The molecule has 112 valence electrons. The number of nitrogens with one attached hydrogen (secondary N) is 1. The van der Waals surface area contributed by atoms with Crippen molar-refractivity contribution >= 4 is 10.0 Å². The predicted octanol–water partition coefficient (Wildman–Crippen LogP) is 1.27. The number of hydrogen-bond donors (Lipinski definition) is 2. The summed E-state index contributed by atoms with van der Waals surface area (Å²) < 4.78 is 45.2. The van der Waals surface area contributed by atoms with E-state index in [2.05, 4.69) is 4.72 Å². The lowest BCUT2D eigenvalue weighted by Crippen LogP contribution is -2.61. The lowest BCUT2D eigenvalue weighted by Gasteiger charge is -2.49. The Labute approximate surface area is 117 Å². The molecule has 0 aliphatic heterocycles. The number of sulfonamides is 1. The fourth-order valence-electron chi connectivity index (χ4n) is 2.17. The quantitative estimate of drug-likeness (QED) is 0.878. The maximum absolute atomic E-state index is 13.6. The number of aliphatic hydroxyl groups excluding tert-OH is 1. The summed E-state index contributed by atoms with van der Waals surface area (Å²) in [5, 5.41) is 9.61. The van der Waals surface area contributed by atoms with Gasteiger partial charge in [0, 0.05) is 11.5 Å². The minimum Gasteiger partial charge on any atom is -0.494 e. The van der Waals surface area contributed by atoms with Crippen molar-refractivity contribution in [2.75, 3.05) is 7.11 Å². The maximum Gasteiger partial charge on any atom is 0.240 e. The van der Waals surface area contributed by atoms with E-state index in [1.54, 1.807) is 13.8 Å². The van der Waals surface area contributed by atoms with Crippen LogP contribution in [0.3, 0.4) is 0 Å². The van der Waals surface area contributed by atoms with Gasteiger partial charge in [-0.15, -0.1) is 0 Å². The van der Waals surface area contributed by atoms with Crippen molar-refractivity contribution < 1.29 is 22.7 Å². The molecule has 0 bridgehead atoms. The Morgan fingerprint density at radius 2 is 2.10 bits per heavy atom. The smallest absolute Gasteiger partial charge is 0.240 e. The number of benzene rings is 1. The zero-order valence-electron chi connectivity index (χ0n) is 11.6. The molecule has 1 saturated carbocycles. The molecule has 2 rings (SSSR count). The summed E-state index contributed by atoms with van der Waals surface area (Å²) in [6.07, 6.45) is -0.187. The number of aliphatic hydroxyl groups is 1. The zero-order chi connectivity index (χ0) is 15.1. The first kappa shape index (κ1) is 15.2. The van der Waals surface area contributed by atoms with Gasteiger partial charge >= 0.3 is 0 Å². The molecule has 1 aliphatic carbocycles. The van der Waals surface area contributed by atoms with E-state index in [0.717, 1.165) is 6.07 Å². The van der Waals surface area contributed by atoms with Crippen molar-refractivity contribution in [3.63, 3.8) is 0 Å². The predicted molar refractivity (Wildman–Crippen MR) is 71.5 cm³/mol. The fourth-order valence-corrected chi connectivity index (χ4v) is 3.59. The normalized spacial score (nSPS) is 25.1. The standard InChI is InChI=1S/C13H18FNO4S/c1-13(2)11(7-12(13)16)15-20(17,18)8-4-5-10(19-3)9(14)6-8/h4-6,11-12,15-16H,7H2,1-3H3. The number of halogens is 1. The van der Waals surface area contributed by atoms with E-state index in [-0.39, 0.29) is 16.7 Å². The van der Waals surface area contributed by atoms with Gasteiger partial charge < -0.3 is 9.84 Å². The van der Waals surface area contributed by atoms with Gasteiger partial charge in [-0.05, 0) is 24.6 Å². The molecular weight excluding hydrogens is 285 g/mol. The Kier molecular flexibility index (Phi) is 3.79. The van der Waals surface area contributed by atoms with Gasteiger partial charge in [0.1, 0.15) is 0 Å². The first-order valence-electron chi connectivity index (χ1n) is 6.22. The number of rotatable bonds is 4. The van der Waals surface area contributed by atoms with Gasteiger partial charge in [0.05, 0.1) is 18.1 Å². The Morgan fingerprint density at radius 1 is 1.45 bits per heavy atom. The van der Waals surface area contributed by atoms with E-state index in [1.165, 1.54) is 19.2 Å². The Hall–Kier alpha value is -1.18. The summed E-state index contributed by atoms with van der Waals surface area (Å²) >= 11 is 0. The second kappa shape index (κ2) is 4.98. The number of ether oxygens (including phenoxy) is 1. The van der Waals surface area contributed by atoms with Gasteiger partial charge in [-0.25, -0.2) is 17.5 Å². The summed E-state index contributed by atoms with van der Waals surface area (Å²) in [7, 11) is -2.51. The van der Waals surface area contributed by atoms with Crippen molar-refractivity contribution in [3.8, 4) is 5.75 Å². The molecule has 1 aromatic carbocycles. The highest BCUT2D eigenvalue weighted by atomic mass is 32.2. The Morgan fingerprint density at radius 3 is 2.55 bits per heavy atom. The molecule has 1 fully saturated rings. The Bertz CT molecular complexity index is 615. The molecule has 7 heteroatoms. The second-order valence-corrected chi connectivity index (χ2v) is 7.26. The van der Waals surface area contributed by atoms with Crippen molar-refractivity contribution in [2.45, 2.75) is 37.3 Å². The summed E-state index contributed by atoms with van der Waals surface area (Å²) in [5.74, 6) is -0.744. The molecule has 2 unspecified atom stereocenters. The van der Waals surface area contributed by atoms with Gasteiger partial charge in [0.15, 0.2) is 11.6 Å². The van der Waals surface area contributed by atoms with Crippen LogP contribution in [0.5, 0.6) is 5.75 Å². The van der Waals surface area contributed by atoms with Crippen molar-refractivity contribution in [1.82, 2.24) is 4.72 Å². The molecule has 2 N–H and O–H groups in total. The van der Waals surface area contributed by atoms with E-state index in [9.17, 15) is 17.9 Å². The third-order valence-corrected chi connectivity index (χ3v) is 5.42. The first-order chi connectivity index (χ1) is 9.18. The number of methoxy groups -OCH3 is 1. The van der Waals surface area contributed by atoms with Gasteiger partial charge in [0.25, 0.3) is 0 Å². The molecule has 20 heavy (non-hydrogen) atoms. The first-order valence-corrected chi connectivity index (χ1v) is 7.70. The van der Waals surface area contributed by atoms with E-state index >= 15 is 0 Å². The van der Waals surface area contributed by atoms with Gasteiger partial charge in [0.2, 0.25) is 10.0 Å². The van der Waals surface area contributed by atoms with E-state index < -0.39 is 27.4 Å². The molecule has 0 spiro atoms. The van der Waals surface area contributed by atoms with Gasteiger partial charge in [-0.1, -0.05) is 13.8 Å². The van der Waals surface area contributed by atoms with E-state index in [1.807, 2.05) is 0 Å². The molecule has 2 atom stereocenters. The topological polar surface area (TPSA) is 75.6 Å². The van der Waals surface area contributed by atoms with Crippen molar-refractivity contribution in [2.24, 2.45) is 5.41 Å². The van der Waals surface area contributed by atoms with Crippen LogP contribution >= 0.6 is 0 Å². The van der Waals surface area contributed by atoms with E-state index in [4.69, 9.17) is 4.74 Å². The highest BCUT2D eigenvalue weighted by Gasteiger charge is 2.48. The van der Waals surface area contributed by atoms with Crippen LogP contribution in [0.4, 0.5) is 4.39 Å². The average molecular weight is 303 g/mol. The summed E-state index contributed by atoms with van der Waals surface area (Å²) in [5.41, 5.74) is -0.530. The third kappa shape index (κ3) is 2.53. The largest absolute Gasteiger partial charge is 0.494 e. The maximum atomic E-state index is 13.6. The van der Waals surface area contributed by atoms with Crippen molar-refractivity contribution in [1.29, 1.82) is 0 Å². The van der Waals surface area contributed by atoms with Crippen LogP contribution in [0.25, 0.3) is 0 Å². The molecule has 0 heterocycles. The molecular formula is C13H18FNO4S. The summed E-state index contributed by atoms with van der Waals surface area (Å²) in [4.78, 5) is -0.159. The highest BCUT2D eigenvalue weighted by Crippen LogP contribution is 2.41. The molecule has 5 nitrogen and oxygen atoms in total. The van der Waals surface area contributed by atoms with Crippen molar-refractivity contribution in [3.05, 3.63) is 24.0 Å². The molecule has 0 amide bonds. The fraction of sp³-hybridized carbons (Fsp3) is 0.538. The van der Waals surface area contributed by atoms with Crippen LogP contribution in [0.15, 0.2) is 23.1 Å². The van der Waals surface area contributed by atoms with Gasteiger partial charge in [-0.3, -0.25) is 0 Å². The highest BCUT2D eigenvalue weighted by molar-refractivity contribution is 7.89. The van der Waals surface area contributed by atoms with E-state index in [0.29, 0.717) is 6.42 Å². The van der Waals surface area contributed by atoms with Crippen LogP contribution in [-0.2, 0) is 10.0 Å². The third-order valence-electron chi connectivity index (χ3n) is 3.95. The molecule has 1 aromatic rings. The molecule has 0 saturated heterocycles. The minimum absolute atomic E-state index is 0.0108. The van der Waals surface area contributed by atoms with Gasteiger partial charge in [-0.2, -0.15) is 0 Å². The van der Waals surface area contributed by atoms with Crippen LogP contribution < -0.4 is 9.46 Å². The minimum atomic E-state index is -3.82. The van der Waals surface area contributed by atoms with Crippen LogP contribution in [-0.4, -0.2) is 32.8 Å². The second-order valence-electron chi connectivity index (χ2n) is 5.54. The summed E-state index contributed by atoms with van der Waals surface area (Å²) in [6.45, 7) is 3.56. The van der Waals surface area contributed by atoms with Crippen LogP contribution in [0.2, 0.25) is 0 Å².